The van der Waals surface area contributed by atoms with Crippen LogP contribution in [0, 0.1) is 17.3 Å². The molecule has 0 heterocycles. The van der Waals surface area contributed by atoms with Gasteiger partial charge in [0, 0.05) is 6.42 Å². The highest BCUT2D eigenvalue weighted by atomic mass is 19.3. The van der Waals surface area contributed by atoms with Crippen LogP contribution in [0.15, 0.2) is 24.0 Å². The SMILES string of the molecule is CCOC1=CCC(C2CCC(CC(F)F)(C(=O)O)CC2)C=C1. The van der Waals surface area contributed by atoms with Crippen LogP contribution in [0.2, 0.25) is 0 Å². The van der Waals surface area contributed by atoms with Crippen molar-refractivity contribution in [1.29, 1.82) is 0 Å². The Bertz CT molecular complexity index is 449. The molecule has 3 nitrogen and oxygen atoms in total. The fraction of sp³-hybridized carbons (Fsp3) is 0.706. The molecule has 0 saturated heterocycles. The van der Waals surface area contributed by atoms with Gasteiger partial charge in [0.1, 0.15) is 5.76 Å². The number of carboxylic acid groups (broad SMARTS) is 1. The predicted octanol–water partition coefficient (Wildman–Crippen LogP) is 4.40. The first kappa shape index (κ1) is 17.0. The van der Waals surface area contributed by atoms with Crippen LogP contribution in [0.3, 0.4) is 0 Å². The van der Waals surface area contributed by atoms with E-state index in [-0.39, 0.29) is 0 Å². The summed E-state index contributed by atoms with van der Waals surface area (Å²) >= 11 is 0. The zero-order valence-corrected chi connectivity index (χ0v) is 12.9. The van der Waals surface area contributed by atoms with Gasteiger partial charge in [0.2, 0.25) is 6.43 Å². The van der Waals surface area contributed by atoms with E-state index < -0.39 is 24.2 Å². The Morgan fingerprint density at radius 1 is 1.45 bits per heavy atom. The average Bonchev–Trinajstić information content (AvgIpc) is 2.48. The smallest absolute Gasteiger partial charge is 0.309 e. The molecule has 1 saturated carbocycles. The second kappa shape index (κ2) is 7.25. The van der Waals surface area contributed by atoms with E-state index in [1.165, 1.54) is 0 Å². The number of ether oxygens (including phenoxy) is 1. The zero-order valence-electron chi connectivity index (χ0n) is 12.9. The summed E-state index contributed by atoms with van der Waals surface area (Å²) in [5.41, 5.74) is -1.23. The Kier molecular flexibility index (Phi) is 5.59. The molecule has 5 heteroatoms. The van der Waals surface area contributed by atoms with Crippen LogP contribution < -0.4 is 0 Å². The Morgan fingerprint density at radius 3 is 2.59 bits per heavy atom. The largest absolute Gasteiger partial charge is 0.494 e. The molecule has 0 aromatic rings. The minimum atomic E-state index is -2.56. The van der Waals surface area contributed by atoms with Gasteiger partial charge < -0.3 is 9.84 Å². The highest BCUT2D eigenvalue weighted by molar-refractivity contribution is 5.74. The van der Waals surface area contributed by atoms with Crippen LogP contribution in [0.1, 0.15) is 45.4 Å². The van der Waals surface area contributed by atoms with Crippen molar-refractivity contribution in [2.45, 2.75) is 51.9 Å². The number of halogens is 2. The lowest BCUT2D eigenvalue weighted by molar-refractivity contribution is -0.155. The molecule has 0 spiro atoms. The third-order valence-electron chi connectivity index (χ3n) is 5.00. The van der Waals surface area contributed by atoms with E-state index in [1.807, 2.05) is 13.0 Å². The maximum atomic E-state index is 12.7. The van der Waals surface area contributed by atoms with E-state index >= 15 is 0 Å². The quantitative estimate of drug-likeness (QED) is 0.790. The molecular weight excluding hydrogens is 290 g/mol. The molecule has 1 N–H and O–H groups in total. The Balaban J connectivity index is 1.92. The van der Waals surface area contributed by atoms with Crippen molar-refractivity contribution in [1.82, 2.24) is 0 Å². The van der Waals surface area contributed by atoms with Gasteiger partial charge in [-0.1, -0.05) is 6.08 Å². The predicted molar refractivity (Wildman–Crippen MR) is 79.6 cm³/mol. The molecule has 0 aromatic heterocycles. The Labute approximate surface area is 130 Å². The van der Waals surface area contributed by atoms with Crippen LogP contribution in [0.4, 0.5) is 8.78 Å². The molecule has 2 aliphatic rings. The number of hydrogen-bond acceptors (Lipinski definition) is 2. The number of alkyl halides is 2. The van der Waals surface area contributed by atoms with E-state index in [0.29, 0.717) is 44.1 Å². The summed E-state index contributed by atoms with van der Waals surface area (Å²) in [4.78, 5) is 11.4. The summed E-state index contributed by atoms with van der Waals surface area (Å²) < 4.78 is 30.8. The van der Waals surface area contributed by atoms with Crippen molar-refractivity contribution < 1.29 is 23.4 Å². The van der Waals surface area contributed by atoms with Gasteiger partial charge in [0.05, 0.1) is 12.0 Å². The monoisotopic (exact) mass is 314 g/mol. The summed E-state index contributed by atoms with van der Waals surface area (Å²) in [5.74, 6) is 0.555. The van der Waals surface area contributed by atoms with Gasteiger partial charge in [-0.05, 0) is 63.0 Å². The zero-order chi connectivity index (χ0) is 16.2. The first-order valence-electron chi connectivity index (χ1n) is 7.99. The second-order valence-corrected chi connectivity index (χ2v) is 6.32. The maximum absolute atomic E-state index is 12.7. The van der Waals surface area contributed by atoms with Gasteiger partial charge in [-0.3, -0.25) is 4.79 Å². The highest BCUT2D eigenvalue weighted by Gasteiger charge is 2.44. The maximum Gasteiger partial charge on any atom is 0.309 e. The van der Waals surface area contributed by atoms with E-state index in [0.717, 1.165) is 12.2 Å². The number of hydrogen-bond donors (Lipinski definition) is 1. The lowest BCUT2D eigenvalue weighted by Crippen LogP contribution is -2.38. The van der Waals surface area contributed by atoms with E-state index in [1.54, 1.807) is 0 Å². The fourth-order valence-corrected chi connectivity index (χ4v) is 3.66. The van der Waals surface area contributed by atoms with Crippen LogP contribution in [-0.2, 0) is 9.53 Å². The van der Waals surface area contributed by atoms with Crippen LogP contribution in [0.25, 0.3) is 0 Å². The topological polar surface area (TPSA) is 46.5 Å². The lowest BCUT2D eigenvalue weighted by atomic mass is 9.65. The molecule has 2 rings (SSSR count). The molecule has 124 valence electrons. The molecule has 0 bridgehead atoms. The van der Waals surface area contributed by atoms with Gasteiger partial charge in [0.25, 0.3) is 0 Å². The molecule has 0 radical (unpaired) electrons. The molecule has 22 heavy (non-hydrogen) atoms. The van der Waals surface area contributed by atoms with Crippen LogP contribution >= 0.6 is 0 Å². The molecule has 0 aliphatic heterocycles. The molecule has 0 aromatic carbocycles. The minimum absolute atomic E-state index is 0.351. The standard InChI is InChI=1S/C17H24F2O3/c1-2-22-14-5-3-12(4-6-14)13-7-9-17(10-8-13,16(20)21)11-15(18)19/h3,5-6,12-13,15H,2,4,7-11H2,1H3,(H,20,21). The van der Waals surface area contributed by atoms with Crippen molar-refractivity contribution in [3.05, 3.63) is 24.0 Å². The molecule has 0 amide bonds. The van der Waals surface area contributed by atoms with Gasteiger partial charge in [-0.25, -0.2) is 8.78 Å². The van der Waals surface area contributed by atoms with Gasteiger partial charge in [-0.15, -0.1) is 0 Å². The van der Waals surface area contributed by atoms with Crippen molar-refractivity contribution in [3.8, 4) is 0 Å². The third kappa shape index (κ3) is 3.87. The number of aliphatic carboxylic acids is 1. The third-order valence-corrected chi connectivity index (χ3v) is 5.00. The number of carbonyl (C=O) groups is 1. The first-order chi connectivity index (χ1) is 10.5. The summed E-state index contributed by atoms with van der Waals surface area (Å²) in [7, 11) is 0. The molecular formula is C17H24F2O3. The van der Waals surface area contributed by atoms with E-state index in [2.05, 4.69) is 12.2 Å². The van der Waals surface area contributed by atoms with Crippen LogP contribution in [0.5, 0.6) is 0 Å². The van der Waals surface area contributed by atoms with Gasteiger partial charge in [-0.2, -0.15) is 0 Å². The normalized spacial score (nSPS) is 31.9. The van der Waals surface area contributed by atoms with Crippen molar-refractivity contribution in [2.24, 2.45) is 17.3 Å². The molecule has 1 atom stereocenters. The Morgan fingerprint density at radius 2 is 2.14 bits per heavy atom. The lowest BCUT2D eigenvalue weighted by Gasteiger charge is -2.39. The summed E-state index contributed by atoms with van der Waals surface area (Å²) in [5, 5.41) is 9.35. The summed E-state index contributed by atoms with van der Waals surface area (Å²) in [6.45, 7) is 2.58. The Hall–Kier alpha value is -1.39. The molecule has 1 unspecified atom stereocenters. The van der Waals surface area contributed by atoms with Gasteiger partial charge in [0.15, 0.2) is 0 Å². The second-order valence-electron chi connectivity index (χ2n) is 6.32. The summed E-state index contributed by atoms with van der Waals surface area (Å²) in [6.07, 6.45) is 6.05. The number of rotatable bonds is 6. The average molecular weight is 314 g/mol. The molecule has 1 fully saturated rings. The highest BCUT2D eigenvalue weighted by Crippen LogP contribution is 2.46. The number of allylic oxidation sites excluding steroid dienone is 3. The van der Waals surface area contributed by atoms with Crippen molar-refractivity contribution in [2.75, 3.05) is 6.61 Å². The van der Waals surface area contributed by atoms with Crippen LogP contribution in [-0.4, -0.2) is 24.1 Å². The van der Waals surface area contributed by atoms with E-state index in [4.69, 9.17) is 4.74 Å². The number of carboxylic acids is 1. The van der Waals surface area contributed by atoms with Crippen molar-refractivity contribution in [3.63, 3.8) is 0 Å². The van der Waals surface area contributed by atoms with E-state index in [9.17, 15) is 18.7 Å². The minimum Gasteiger partial charge on any atom is -0.494 e. The van der Waals surface area contributed by atoms with Gasteiger partial charge >= 0.3 is 5.97 Å². The molecule has 2 aliphatic carbocycles. The first-order valence-corrected chi connectivity index (χ1v) is 7.99. The van der Waals surface area contributed by atoms with Crippen molar-refractivity contribution >= 4 is 5.97 Å². The fourth-order valence-electron chi connectivity index (χ4n) is 3.66. The summed E-state index contributed by atoms with van der Waals surface area (Å²) in [6, 6.07) is 0.